The van der Waals surface area contributed by atoms with Gasteiger partial charge in [0.05, 0.1) is 18.7 Å². The fourth-order valence-electron chi connectivity index (χ4n) is 1.14. The molecule has 1 fully saturated rings. The lowest BCUT2D eigenvalue weighted by atomic mass is 10.2. The fourth-order valence-corrected chi connectivity index (χ4v) is 1.14. The van der Waals surface area contributed by atoms with Crippen LogP contribution in [-0.2, 0) is 0 Å². The molecule has 3 N–H and O–H groups in total. The summed E-state index contributed by atoms with van der Waals surface area (Å²) in [6.07, 6.45) is 3.68. The van der Waals surface area contributed by atoms with Gasteiger partial charge in [-0.1, -0.05) is 0 Å². The Bertz CT molecular complexity index is 189. The van der Waals surface area contributed by atoms with Crippen molar-refractivity contribution < 1.29 is 0 Å². The van der Waals surface area contributed by atoms with Crippen LogP contribution in [0.4, 0.5) is 0 Å². The maximum absolute atomic E-state index is 4.22. The standard InChI is InChI=1S/C6H10N4.ClH/c1-5-6(10-3-7-1)2-8-4-9-5;/h1,3,6,8-9H,2,4H2,(H,7,10);1H. The van der Waals surface area contributed by atoms with Crippen LogP contribution in [0, 0.1) is 0 Å². The van der Waals surface area contributed by atoms with Crippen molar-refractivity contribution in [3.05, 3.63) is 11.9 Å². The first-order valence-corrected chi connectivity index (χ1v) is 3.39. The molecule has 2 rings (SSSR count). The molecule has 62 valence electrons. The molecule has 0 radical (unpaired) electrons. The van der Waals surface area contributed by atoms with Gasteiger partial charge >= 0.3 is 0 Å². The molecular weight excluding hydrogens is 164 g/mol. The van der Waals surface area contributed by atoms with Crippen LogP contribution in [0.2, 0.25) is 0 Å². The molecule has 0 saturated carbocycles. The largest absolute Gasteiger partial charge is 0.373 e. The topological polar surface area (TPSA) is 48.5 Å². The van der Waals surface area contributed by atoms with Crippen LogP contribution in [-0.4, -0.2) is 25.6 Å². The van der Waals surface area contributed by atoms with Crippen molar-refractivity contribution in [1.29, 1.82) is 0 Å². The van der Waals surface area contributed by atoms with Gasteiger partial charge in [-0.15, -0.1) is 12.4 Å². The van der Waals surface area contributed by atoms with E-state index >= 15 is 0 Å². The second kappa shape index (κ2) is 3.59. The summed E-state index contributed by atoms with van der Waals surface area (Å²) in [6.45, 7) is 1.79. The predicted octanol–water partition coefficient (Wildman–Crippen LogP) is -0.600. The Morgan fingerprint density at radius 3 is 3.27 bits per heavy atom. The quantitative estimate of drug-likeness (QED) is 0.460. The van der Waals surface area contributed by atoms with Crippen LogP contribution in [0.15, 0.2) is 16.9 Å². The Morgan fingerprint density at radius 1 is 1.55 bits per heavy atom. The van der Waals surface area contributed by atoms with E-state index in [1.165, 1.54) is 5.70 Å². The molecule has 11 heavy (non-hydrogen) atoms. The van der Waals surface area contributed by atoms with E-state index in [1.807, 2.05) is 6.20 Å². The number of hydrogen-bond acceptors (Lipinski definition) is 4. The molecule has 0 aromatic carbocycles. The minimum Gasteiger partial charge on any atom is -0.373 e. The second-order valence-electron chi connectivity index (χ2n) is 2.37. The Kier molecular flexibility index (Phi) is 2.73. The molecular formula is C6H11ClN4. The molecule has 2 aliphatic rings. The highest BCUT2D eigenvalue weighted by atomic mass is 35.5. The van der Waals surface area contributed by atoms with Crippen molar-refractivity contribution in [2.24, 2.45) is 4.99 Å². The predicted molar refractivity (Wildman–Crippen MR) is 46.8 cm³/mol. The highest BCUT2D eigenvalue weighted by Gasteiger charge is 2.17. The van der Waals surface area contributed by atoms with Crippen LogP contribution in [0.5, 0.6) is 0 Å². The summed E-state index contributed by atoms with van der Waals surface area (Å²) < 4.78 is 0. The molecule has 1 unspecified atom stereocenters. The maximum Gasteiger partial charge on any atom is 0.105 e. The van der Waals surface area contributed by atoms with E-state index < -0.39 is 0 Å². The lowest BCUT2D eigenvalue weighted by Gasteiger charge is -2.26. The van der Waals surface area contributed by atoms with Gasteiger partial charge in [-0.05, 0) is 0 Å². The first-order chi connectivity index (χ1) is 4.97. The first kappa shape index (κ1) is 8.36. The van der Waals surface area contributed by atoms with Crippen LogP contribution in [0.3, 0.4) is 0 Å². The Morgan fingerprint density at radius 2 is 2.45 bits per heavy atom. The van der Waals surface area contributed by atoms with Crippen LogP contribution >= 0.6 is 12.4 Å². The monoisotopic (exact) mass is 174 g/mol. The number of fused-ring (bicyclic) bond motifs is 1. The summed E-state index contributed by atoms with van der Waals surface area (Å²) in [4.78, 5) is 4.22. The SMILES string of the molecule is C1=NC2CNCNC2=CN1.Cl. The molecule has 2 aliphatic heterocycles. The van der Waals surface area contributed by atoms with Gasteiger partial charge in [-0.3, -0.25) is 10.3 Å². The van der Waals surface area contributed by atoms with Crippen LogP contribution < -0.4 is 16.0 Å². The van der Waals surface area contributed by atoms with E-state index in [0.717, 1.165) is 13.2 Å². The Balaban J connectivity index is 0.000000605. The number of nitrogens with zero attached hydrogens (tertiary/aromatic N) is 1. The van der Waals surface area contributed by atoms with Crippen molar-refractivity contribution in [1.82, 2.24) is 16.0 Å². The molecule has 0 spiro atoms. The van der Waals surface area contributed by atoms with E-state index in [0.29, 0.717) is 6.04 Å². The minimum absolute atomic E-state index is 0. The summed E-state index contributed by atoms with van der Waals surface area (Å²) in [6, 6.07) is 0.301. The number of halogens is 1. The van der Waals surface area contributed by atoms with E-state index in [4.69, 9.17) is 0 Å². The number of rotatable bonds is 0. The third-order valence-electron chi connectivity index (χ3n) is 1.68. The van der Waals surface area contributed by atoms with Crippen molar-refractivity contribution in [3.63, 3.8) is 0 Å². The number of aliphatic imine (C=N–C) groups is 1. The van der Waals surface area contributed by atoms with Crippen molar-refractivity contribution in [2.45, 2.75) is 6.04 Å². The van der Waals surface area contributed by atoms with Gasteiger partial charge in [-0.2, -0.15) is 0 Å². The van der Waals surface area contributed by atoms with Crippen molar-refractivity contribution in [3.8, 4) is 0 Å². The zero-order valence-electron chi connectivity index (χ0n) is 6.00. The average molecular weight is 175 g/mol. The maximum atomic E-state index is 4.22. The smallest absolute Gasteiger partial charge is 0.105 e. The highest BCUT2D eigenvalue weighted by Crippen LogP contribution is 2.05. The molecule has 0 aliphatic carbocycles. The average Bonchev–Trinajstić information content (AvgIpc) is 2.05. The summed E-state index contributed by atoms with van der Waals surface area (Å²) >= 11 is 0. The first-order valence-electron chi connectivity index (χ1n) is 3.39. The van der Waals surface area contributed by atoms with Gasteiger partial charge in [0.15, 0.2) is 0 Å². The Labute approximate surface area is 71.6 Å². The molecule has 5 heteroatoms. The van der Waals surface area contributed by atoms with Gasteiger partial charge in [0, 0.05) is 12.7 Å². The van der Waals surface area contributed by atoms with E-state index in [2.05, 4.69) is 20.9 Å². The lowest BCUT2D eigenvalue weighted by Crippen LogP contribution is -2.46. The molecule has 1 atom stereocenters. The molecule has 0 aromatic rings. The van der Waals surface area contributed by atoms with Gasteiger partial charge in [0.1, 0.15) is 6.04 Å². The van der Waals surface area contributed by atoms with Crippen LogP contribution in [0.1, 0.15) is 0 Å². The molecule has 2 heterocycles. The number of hydrogen-bond donors (Lipinski definition) is 3. The molecule has 4 nitrogen and oxygen atoms in total. The van der Waals surface area contributed by atoms with Gasteiger partial charge in [0.25, 0.3) is 0 Å². The van der Waals surface area contributed by atoms with E-state index in [9.17, 15) is 0 Å². The normalized spacial score (nSPS) is 26.9. The molecule has 1 saturated heterocycles. The summed E-state index contributed by atoms with van der Waals surface area (Å²) in [5, 5.41) is 9.33. The third kappa shape index (κ3) is 1.64. The van der Waals surface area contributed by atoms with Crippen molar-refractivity contribution in [2.75, 3.05) is 13.2 Å². The summed E-state index contributed by atoms with van der Waals surface area (Å²) in [7, 11) is 0. The summed E-state index contributed by atoms with van der Waals surface area (Å²) in [5.74, 6) is 0. The zero-order chi connectivity index (χ0) is 6.81. The van der Waals surface area contributed by atoms with E-state index in [1.54, 1.807) is 6.34 Å². The van der Waals surface area contributed by atoms with E-state index in [-0.39, 0.29) is 12.4 Å². The van der Waals surface area contributed by atoms with Gasteiger partial charge in [0.2, 0.25) is 0 Å². The second-order valence-corrected chi connectivity index (χ2v) is 2.37. The molecule has 0 amide bonds. The lowest BCUT2D eigenvalue weighted by molar-refractivity contribution is 0.501. The fraction of sp³-hybridized carbons (Fsp3) is 0.500. The van der Waals surface area contributed by atoms with Crippen molar-refractivity contribution >= 4 is 18.7 Å². The zero-order valence-corrected chi connectivity index (χ0v) is 6.82. The molecule has 0 bridgehead atoms. The summed E-state index contributed by atoms with van der Waals surface area (Å²) in [5.41, 5.74) is 1.18. The van der Waals surface area contributed by atoms with Gasteiger partial charge in [-0.25, -0.2) is 0 Å². The van der Waals surface area contributed by atoms with Gasteiger partial charge < -0.3 is 10.6 Å². The third-order valence-corrected chi connectivity index (χ3v) is 1.68. The van der Waals surface area contributed by atoms with Crippen LogP contribution in [0.25, 0.3) is 0 Å². The minimum atomic E-state index is 0. The number of nitrogens with one attached hydrogen (secondary N) is 3. The Hall–Kier alpha value is -0.740. The highest BCUT2D eigenvalue weighted by molar-refractivity contribution is 5.85. The molecule has 0 aromatic heterocycles.